The fourth-order valence-electron chi connectivity index (χ4n) is 8.23. The second kappa shape index (κ2) is 22.8. The first kappa shape index (κ1) is 48.5. The number of aromatic amines is 1. The molecule has 5 aromatic carbocycles. The van der Waals surface area contributed by atoms with Crippen LogP contribution in [-0.2, 0) is 27.2 Å². The Bertz CT molecular complexity index is 2660. The van der Waals surface area contributed by atoms with Crippen molar-refractivity contribution in [3.8, 4) is 22.6 Å². The number of benzene rings is 5. The summed E-state index contributed by atoms with van der Waals surface area (Å²) in [6.07, 6.45) is 0.711. The minimum Gasteiger partial charge on any atom is -0.506 e. The number of piperidine rings is 1. The average Bonchev–Trinajstić information content (AvgIpc) is 3.31. The van der Waals surface area contributed by atoms with E-state index in [4.69, 9.17) is 9.47 Å². The van der Waals surface area contributed by atoms with E-state index in [2.05, 4.69) is 25.8 Å². The van der Waals surface area contributed by atoms with Gasteiger partial charge < -0.3 is 45.1 Å². The van der Waals surface area contributed by atoms with Gasteiger partial charge >= 0.3 is 6.09 Å². The maximum atomic E-state index is 13.3. The molecule has 14 heteroatoms. The molecule has 0 saturated carbocycles. The summed E-state index contributed by atoms with van der Waals surface area (Å²) in [4.78, 5) is 57.8. The predicted octanol–water partition coefficient (Wildman–Crippen LogP) is 8.05. The van der Waals surface area contributed by atoms with Crippen LogP contribution in [-0.4, -0.2) is 90.5 Å². The topological polar surface area (TPSA) is 186 Å². The first-order valence-corrected chi connectivity index (χ1v) is 21.9. The molecule has 1 aliphatic rings. The quantitative estimate of drug-likeness (QED) is 0.0524. The average molecular weight is 897 g/mol. The third kappa shape index (κ3) is 12.6. The normalized spacial score (nSPS) is 13.8. The molecule has 14 nitrogen and oxygen atoms in total. The first-order valence-electron chi connectivity index (χ1n) is 21.9. The van der Waals surface area contributed by atoms with Gasteiger partial charge in [0.05, 0.1) is 30.8 Å². The molecule has 2 atom stereocenters. The predicted molar refractivity (Wildman–Crippen MR) is 260 cm³/mol. The number of ether oxygens (including phenoxy) is 2. The van der Waals surface area contributed by atoms with Gasteiger partial charge in [0.1, 0.15) is 17.6 Å². The minimum absolute atomic E-state index is 0. The molecule has 1 aromatic heterocycles. The van der Waals surface area contributed by atoms with E-state index in [1.54, 1.807) is 49.4 Å². The molecule has 0 spiro atoms. The van der Waals surface area contributed by atoms with Gasteiger partial charge in [-0.05, 0) is 90.9 Å². The zero-order valence-electron chi connectivity index (χ0n) is 36.9. The first-order chi connectivity index (χ1) is 31.4. The molecule has 0 aliphatic carbocycles. The van der Waals surface area contributed by atoms with Crippen molar-refractivity contribution >= 4 is 45.9 Å². The molecule has 346 valence electrons. The highest BCUT2D eigenvalue weighted by atomic mass is 16.6. The third-order valence-electron chi connectivity index (χ3n) is 11.8. The van der Waals surface area contributed by atoms with Crippen molar-refractivity contribution in [3.05, 3.63) is 148 Å². The van der Waals surface area contributed by atoms with E-state index in [1.807, 2.05) is 85.8 Å². The number of hydrogen-bond acceptors (Lipinski definition) is 10. The van der Waals surface area contributed by atoms with E-state index < -0.39 is 12.2 Å². The van der Waals surface area contributed by atoms with Crippen LogP contribution in [0.3, 0.4) is 0 Å². The lowest BCUT2D eigenvalue weighted by molar-refractivity contribution is -0.118. The van der Waals surface area contributed by atoms with Crippen molar-refractivity contribution in [2.75, 3.05) is 55.9 Å². The number of likely N-dealkylation sites (tertiary alicyclic amines) is 1. The van der Waals surface area contributed by atoms with E-state index in [0.717, 1.165) is 22.3 Å². The molecule has 1 aliphatic heterocycles. The molecule has 0 radical (unpaired) electrons. The van der Waals surface area contributed by atoms with Crippen molar-refractivity contribution in [1.29, 1.82) is 0 Å². The van der Waals surface area contributed by atoms with Gasteiger partial charge in [0.2, 0.25) is 17.4 Å². The summed E-state index contributed by atoms with van der Waals surface area (Å²) in [5, 5.41) is 31.1. The van der Waals surface area contributed by atoms with Crippen LogP contribution in [0.1, 0.15) is 56.4 Å². The van der Waals surface area contributed by atoms with Gasteiger partial charge in [-0.25, -0.2) is 4.79 Å². The fraction of sp³-hybridized carbons (Fsp3) is 0.308. The molecule has 1 fully saturated rings. The number of aliphatic hydroxyl groups excluding tert-OH is 1. The summed E-state index contributed by atoms with van der Waals surface area (Å²) in [7, 11) is 3.32. The second-order valence-electron chi connectivity index (χ2n) is 16.4. The molecule has 6 N–H and O–H groups in total. The van der Waals surface area contributed by atoms with E-state index >= 15 is 0 Å². The van der Waals surface area contributed by atoms with Gasteiger partial charge in [-0.2, -0.15) is 0 Å². The Morgan fingerprint density at radius 1 is 0.894 bits per heavy atom. The van der Waals surface area contributed by atoms with Crippen LogP contribution in [0.4, 0.5) is 21.9 Å². The highest BCUT2D eigenvalue weighted by molar-refractivity contribution is 5.96. The maximum Gasteiger partial charge on any atom is 0.411 e. The summed E-state index contributed by atoms with van der Waals surface area (Å²) in [5.41, 5.74) is 6.03. The smallest absolute Gasteiger partial charge is 0.411 e. The lowest BCUT2D eigenvalue weighted by Gasteiger charge is -2.31. The van der Waals surface area contributed by atoms with Crippen molar-refractivity contribution in [2.24, 2.45) is 0 Å². The number of anilines is 3. The number of nitrogens with one attached hydrogen (secondary N) is 4. The van der Waals surface area contributed by atoms with E-state index in [0.29, 0.717) is 79.1 Å². The molecule has 7 rings (SSSR count). The number of pyridine rings is 1. The fourth-order valence-corrected chi connectivity index (χ4v) is 8.23. The minimum atomic E-state index is -0.909. The molecule has 2 heterocycles. The van der Waals surface area contributed by atoms with Crippen molar-refractivity contribution in [2.45, 2.75) is 64.7 Å². The van der Waals surface area contributed by atoms with Gasteiger partial charge in [-0.3, -0.25) is 19.7 Å². The summed E-state index contributed by atoms with van der Waals surface area (Å²) >= 11 is 0. The zero-order chi connectivity index (χ0) is 45.9. The van der Waals surface area contributed by atoms with Crippen molar-refractivity contribution in [1.82, 2.24) is 15.2 Å². The SMILES string of the molecule is C.COc1ccc(CC(=O)Nc2cccc(N(C)C(=O)CCN3CCC(OC(=O)Nc4ccccc4-c4ccccc4)CC3)c2)cc1CC(C)NC[C@H](O)c1ccc(O)c2[nH]c(=O)ccc12. The highest BCUT2D eigenvalue weighted by Crippen LogP contribution is 2.30. The van der Waals surface area contributed by atoms with Crippen molar-refractivity contribution < 1.29 is 34.1 Å². The third-order valence-corrected chi connectivity index (χ3v) is 11.8. The van der Waals surface area contributed by atoms with Crippen molar-refractivity contribution in [3.63, 3.8) is 0 Å². The number of aliphatic hydroxyl groups is 1. The Morgan fingerprint density at radius 3 is 2.42 bits per heavy atom. The Hall–Kier alpha value is -7.00. The Morgan fingerprint density at radius 2 is 1.65 bits per heavy atom. The van der Waals surface area contributed by atoms with E-state index in [1.165, 1.54) is 12.1 Å². The summed E-state index contributed by atoms with van der Waals surface area (Å²) in [6, 6.07) is 36.3. The lowest BCUT2D eigenvalue weighted by atomic mass is 10.00. The molecular weight excluding hydrogens is 837 g/mol. The Balaban J connectivity index is 0.00000720. The number of phenols is 1. The summed E-state index contributed by atoms with van der Waals surface area (Å²) < 4.78 is 11.4. The number of nitrogens with zero attached hydrogens (tertiary/aromatic N) is 2. The number of H-pyrrole nitrogens is 1. The lowest BCUT2D eigenvalue weighted by Crippen LogP contribution is -2.40. The Labute approximate surface area is 385 Å². The largest absolute Gasteiger partial charge is 0.506 e. The molecular formula is C52H60N6O8. The van der Waals surface area contributed by atoms with Crippen LogP contribution in [0.15, 0.2) is 126 Å². The number of amides is 3. The number of para-hydroxylation sites is 1. The maximum absolute atomic E-state index is 13.3. The molecule has 6 aromatic rings. The van der Waals surface area contributed by atoms with Gasteiger partial charge in [0.25, 0.3) is 0 Å². The van der Waals surface area contributed by atoms with Crippen LogP contribution < -0.4 is 31.1 Å². The second-order valence-corrected chi connectivity index (χ2v) is 16.4. The molecule has 1 unspecified atom stereocenters. The highest BCUT2D eigenvalue weighted by Gasteiger charge is 2.24. The van der Waals surface area contributed by atoms with Crippen LogP contribution in [0.5, 0.6) is 11.5 Å². The Kier molecular flexibility index (Phi) is 16.7. The molecule has 0 bridgehead atoms. The molecule has 66 heavy (non-hydrogen) atoms. The molecule has 3 amide bonds. The number of carbonyl (C=O) groups is 3. The summed E-state index contributed by atoms with van der Waals surface area (Å²) in [6.45, 7) is 4.19. The number of hydrogen-bond donors (Lipinski definition) is 6. The van der Waals surface area contributed by atoms with E-state index in [-0.39, 0.29) is 61.2 Å². The zero-order valence-corrected chi connectivity index (χ0v) is 36.9. The number of methoxy groups -OCH3 is 1. The number of carbonyl (C=O) groups excluding carboxylic acids is 3. The number of aromatic hydroxyl groups is 1. The number of rotatable bonds is 17. The van der Waals surface area contributed by atoms with Gasteiger partial charge in [0, 0.05) is 74.1 Å². The number of phenolic OH excluding ortho intramolecular Hbond substituents is 1. The monoisotopic (exact) mass is 896 g/mol. The molecule has 1 saturated heterocycles. The van der Waals surface area contributed by atoms with E-state index in [9.17, 15) is 29.4 Å². The summed E-state index contributed by atoms with van der Waals surface area (Å²) in [5.74, 6) is 0.334. The standard InChI is InChI=1S/C51H56N6O8.CH4/c1-33(52-32-45(59)41-17-19-44(58)50-42(41)18-21-47(60)55-50)28-36-29-34(16-20-46(36)64-3)30-48(61)53-37-12-9-13-38(31-37)56(2)49(62)24-27-57-25-22-39(23-26-57)65-51(63)54-43-15-8-7-14-40(43)35-10-5-4-6-11-35;/h4-21,29,31,33,39,45,52,58-59H,22-28,30,32H2,1-3H3,(H,53,61)(H,54,63)(H,55,60);1H4/t33?,45-;/m0./s1. The van der Waals surface area contributed by atoms with Gasteiger partial charge in [-0.1, -0.05) is 80.2 Å². The van der Waals surface area contributed by atoms with Crippen LogP contribution in [0, 0.1) is 0 Å². The van der Waals surface area contributed by atoms with Crippen LogP contribution >= 0.6 is 0 Å². The number of fused-ring (bicyclic) bond motifs is 1. The van der Waals surface area contributed by atoms with Gasteiger partial charge in [-0.15, -0.1) is 0 Å². The number of aromatic nitrogens is 1. The van der Waals surface area contributed by atoms with Gasteiger partial charge in [0.15, 0.2) is 0 Å². The van der Waals surface area contributed by atoms with Crippen LogP contribution in [0.2, 0.25) is 0 Å². The van der Waals surface area contributed by atoms with Crippen LogP contribution in [0.25, 0.3) is 22.0 Å².